The van der Waals surface area contributed by atoms with Crippen LogP contribution in [0.4, 0.5) is 0 Å². The maximum Gasteiger partial charge on any atom is 0.247 e. The number of allylic oxidation sites excluding steroid dienone is 1. The molecule has 2 fully saturated rings. The van der Waals surface area contributed by atoms with Gasteiger partial charge in [0.05, 0.1) is 0 Å². The standard InChI is InChI=1S/C19H14N2O/c22-19-18-21(19)17-13-8-6-4-2-1-3-5-7-10-14-20-15-11-9-12-16-20/h13,17H,9,11-12,15-16,18H2. The van der Waals surface area contributed by atoms with E-state index in [-0.39, 0.29) is 5.91 Å². The molecular weight excluding hydrogens is 272 g/mol. The summed E-state index contributed by atoms with van der Waals surface area (Å²) in [6, 6.07) is 3.01. The van der Waals surface area contributed by atoms with Crippen LogP contribution in [-0.2, 0) is 4.79 Å². The van der Waals surface area contributed by atoms with Gasteiger partial charge in [-0.15, -0.1) is 0 Å². The van der Waals surface area contributed by atoms with E-state index in [0.717, 1.165) is 13.1 Å². The van der Waals surface area contributed by atoms with E-state index in [2.05, 4.69) is 64.2 Å². The molecule has 0 unspecified atom stereocenters. The van der Waals surface area contributed by atoms with Crippen molar-refractivity contribution < 1.29 is 4.79 Å². The highest BCUT2D eigenvalue weighted by Gasteiger charge is 2.26. The Balaban J connectivity index is 1.69. The first-order valence-electron chi connectivity index (χ1n) is 7.08. The molecule has 3 nitrogen and oxygen atoms in total. The topological polar surface area (TPSA) is 23.3 Å². The number of carbonyl (C=O) groups is 1. The van der Waals surface area contributed by atoms with Crippen molar-refractivity contribution in [2.75, 3.05) is 19.6 Å². The molecule has 0 saturated carbocycles. The van der Waals surface area contributed by atoms with Gasteiger partial charge in [-0.2, -0.15) is 0 Å². The molecule has 106 valence electrons. The first-order valence-corrected chi connectivity index (χ1v) is 7.08. The lowest BCUT2D eigenvalue weighted by Crippen LogP contribution is -2.24. The van der Waals surface area contributed by atoms with Crippen molar-refractivity contribution in [1.82, 2.24) is 9.80 Å². The molecule has 0 aromatic heterocycles. The Bertz CT molecular complexity index is 758. The first-order chi connectivity index (χ1) is 10.9. The minimum absolute atomic E-state index is 0.108. The number of nitrogens with zero attached hydrogens (tertiary/aromatic N) is 2. The van der Waals surface area contributed by atoms with E-state index in [1.54, 1.807) is 17.2 Å². The lowest BCUT2D eigenvalue weighted by atomic mass is 10.1. The smallest absolute Gasteiger partial charge is 0.247 e. The Kier molecular flexibility index (Phi) is 6.13. The second kappa shape index (κ2) is 8.88. The zero-order valence-electron chi connectivity index (χ0n) is 12.2. The maximum absolute atomic E-state index is 10.6. The van der Waals surface area contributed by atoms with E-state index in [1.807, 2.05) is 0 Å². The molecule has 0 bridgehead atoms. The van der Waals surface area contributed by atoms with Gasteiger partial charge in [0.25, 0.3) is 0 Å². The van der Waals surface area contributed by atoms with Crippen LogP contribution in [-0.4, -0.2) is 35.3 Å². The molecule has 2 rings (SSSR count). The normalized spacial score (nSPS) is 14.8. The van der Waals surface area contributed by atoms with Crippen LogP contribution in [0.2, 0.25) is 0 Å². The van der Waals surface area contributed by atoms with Crippen LogP contribution >= 0.6 is 0 Å². The fourth-order valence-electron chi connectivity index (χ4n) is 1.75. The van der Waals surface area contributed by atoms with Gasteiger partial charge < -0.3 is 9.80 Å². The lowest BCUT2D eigenvalue weighted by molar-refractivity contribution is -0.112. The van der Waals surface area contributed by atoms with Crippen LogP contribution in [0.1, 0.15) is 19.3 Å². The van der Waals surface area contributed by atoms with Gasteiger partial charge in [0.2, 0.25) is 5.91 Å². The molecule has 2 aliphatic heterocycles. The SMILES string of the molecule is O=C1CN1C=CC#CC#CC#CC#CC#CN1CCCCC1. The molecular formula is C19H14N2O. The average molecular weight is 286 g/mol. The Morgan fingerprint density at radius 1 is 0.818 bits per heavy atom. The summed E-state index contributed by atoms with van der Waals surface area (Å²) in [7, 11) is 0. The number of likely N-dealkylation sites (tertiary alicyclic amines) is 1. The molecule has 0 atom stereocenters. The van der Waals surface area contributed by atoms with Gasteiger partial charge in [0, 0.05) is 55.1 Å². The van der Waals surface area contributed by atoms with E-state index < -0.39 is 0 Å². The van der Waals surface area contributed by atoms with Crippen LogP contribution in [0.25, 0.3) is 0 Å². The van der Waals surface area contributed by atoms with Gasteiger partial charge in [0.15, 0.2) is 0 Å². The minimum atomic E-state index is 0.108. The highest BCUT2D eigenvalue weighted by atomic mass is 16.2. The quantitative estimate of drug-likeness (QED) is 0.526. The average Bonchev–Trinajstić information content (AvgIpc) is 3.25. The molecule has 0 aromatic carbocycles. The van der Waals surface area contributed by atoms with Crippen LogP contribution in [0.3, 0.4) is 0 Å². The van der Waals surface area contributed by atoms with Crippen molar-refractivity contribution in [1.29, 1.82) is 0 Å². The summed E-state index contributed by atoms with van der Waals surface area (Å²) in [5.74, 6) is 23.9. The molecule has 0 aromatic rings. The van der Waals surface area contributed by atoms with Crippen LogP contribution in [0.5, 0.6) is 0 Å². The number of carbonyl (C=O) groups excluding carboxylic acids is 1. The number of rotatable bonds is 1. The molecule has 2 heterocycles. The summed E-state index contributed by atoms with van der Waals surface area (Å²) < 4.78 is 0. The molecule has 1 amide bonds. The summed E-state index contributed by atoms with van der Waals surface area (Å²) in [5.41, 5.74) is 0. The third-order valence-electron chi connectivity index (χ3n) is 2.94. The number of hydrogen-bond donors (Lipinski definition) is 0. The largest absolute Gasteiger partial charge is 0.332 e. The van der Waals surface area contributed by atoms with Crippen LogP contribution < -0.4 is 0 Å². The summed E-state index contributed by atoms with van der Waals surface area (Å²) in [6.07, 6.45) is 6.94. The monoisotopic (exact) mass is 286 g/mol. The fraction of sp³-hybridized carbons (Fsp3) is 0.316. The van der Waals surface area contributed by atoms with Gasteiger partial charge in [-0.1, -0.05) is 5.92 Å². The second-order valence-corrected chi connectivity index (χ2v) is 4.64. The summed E-state index contributed by atoms with van der Waals surface area (Å²) in [5, 5.41) is 0. The number of hydrogen-bond acceptors (Lipinski definition) is 2. The second-order valence-electron chi connectivity index (χ2n) is 4.64. The zero-order valence-corrected chi connectivity index (χ0v) is 12.2. The van der Waals surface area contributed by atoms with Gasteiger partial charge in [-0.05, 0) is 42.9 Å². The molecule has 3 heteroatoms. The van der Waals surface area contributed by atoms with Crippen molar-refractivity contribution in [3.63, 3.8) is 0 Å². The van der Waals surface area contributed by atoms with Crippen molar-refractivity contribution in [2.24, 2.45) is 0 Å². The molecule has 22 heavy (non-hydrogen) atoms. The molecule has 2 aliphatic rings. The predicted molar refractivity (Wildman–Crippen MR) is 85.2 cm³/mol. The van der Waals surface area contributed by atoms with Gasteiger partial charge in [-0.3, -0.25) is 4.79 Å². The summed E-state index contributed by atoms with van der Waals surface area (Å²) in [4.78, 5) is 14.3. The van der Waals surface area contributed by atoms with E-state index in [4.69, 9.17) is 0 Å². The Morgan fingerprint density at radius 2 is 1.41 bits per heavy atom. The predicted octanol–water partition coefficient (Wildman–Crippen LogP) is 0.803. The van der Waals surface area contributed by atoms with Crippen molar-refractivity contribution >= 4 is 5.91 Å². The molecule has 0 aliphatic carbocycles. The van der Waals surface area contributed by atoms with Crippen molar-refractivity contribution in [3.05, 3.63) is 12.3 Å². The Hall–Kier alpha value is -3.19. The van der Waals surface area contributed by atoms with Gasteiger partial charge in [-0.25, -0.2) is 0 Å². The zero-order chi connectivity index (χ0) is 15.5. The van der Waals surface area contributed by atoms with Crippen molar-refractivity contribution in [2.45, 2.75) is 19.3 Å². The maximum atomic E-state index is 10.6. The third kappa shape index (κ3) is 6.31. The first kappa shape index (κ1) is 15.2. The van der Waals surface area contributed by atoms with E-state index in [0.29, 0.717) is 6.54 Å². The number of amides is 1. The highest BCUT2D eigenvalue weighted by Crippen LogP contribution is 2.06. The Morgan fingerprint density at radius 3 is 2.05 bits per heavy atom. The third-order valence-corrected chi connectivity index (χ3v) is 2.94. The van der Waals surface area contributed by atoms with E-state index >= 15 is 0 Å². The summed E-state index contributed by atoms with van der Waals surface area (Å²) in [6.45, 7) is 2.55. The Labute approximate surface area is 131 Å². The van der Waals surface area contributed by atoms with Gasteiger partial charge in [0.1, 0.15) is 6.54 Å². The lowest BCUT2D eigenvalue weighted by Gasteiger charge is -2.21. The molecule has 0 radical (unpaired) electrons. The van der Waals surface area contributed by atoms with E-state index in [1.165, 1.54) is 19.3 Å². The minimum Gasteiger partial charge on any atom is -0.332 e. The number of piperidine rings is 1. The van der Waals surface area contributed by atoms with Crippen molar-refractivity contribution in [3.8, 4) is 59.3 Å². The molecule has 2 saturated heterocycles. The molecule has 0 spiro atoms. The summed E-state index contributed by atoms with van der Waals surface area (Å²) >= 11 is 0. The highest BCUT2D eigenvalue weighted by molar-refractivity contribution is 5.93. The molecule has 0 N–H and O–H groups in total. The van der Waals surface area contributed by atoms with E-state index in [9.17, 15) is 4.79 Å². The van der Waals surface area contributed by atoms with Gasteiger partial charge >= 0.3 is 0 Å². The fourth-order valence-corrected chi connectivity index (χ4v) is 1.75. The van der Waals surface area contributed by atoms with Crippen LogP contribution in [0, 0.1) is 59.3 Å². The van der Waals surface area contributed by atoms with Crippen LogP contribution in [0.15, 0.2) is 12.3 Å².